The molecule has 0 bridgehead atoms. The number of rotatable bonds is 4. The summed E-state index contributed by atoms with van der Waals surface area (Å²) in [6.45, 7) is 0. The van der Waals surface area contributed by atoms with Crippen LogP contribution in [0.5, 0.6) is 0 Å². The highest BCUT2D eigenvalue weighted by molar-refractivity contribution is 6.15. The molecule has 14 rings (SSSR count). The van der Waals surface area contributed by atoms with Gasteiger partial charge in [0, 0.05) is 67.5 Å². The molecule has 4 nitrogen and oxygen atoms in total. The first-order chi connectivity index (χ1) is 30.8. The average Bonchev–Trinajstić information content (AvgIpc) is 3.85. The van der Waals surface area contributed by atoms with Gasteiger partial charge < -0.3 is 9.13 Å². The molecule has 62 heavy (non-hydrogen) atoms. The summed E-state index contributed by atoms with van der Waals surface area (Å²) in [6, 6.07) is 55.8. The number of fused-ring (bicyclic) bond motifs is 10. The van der Waals surface area contributed by atoms with Gasteiger partial charge in [0.2, 0.25) is 0 Å². The molecule has 0 spiro atoms. The molecule has 0 aliphatic heterocycles. The van der Waals surface area contributed by atoms with E-state index in [2.05, 4.69) is 167 Å². The summed E-state index contributed by atoms with van der Waals surface area (Å²) in [4.78, 5) is 9.97. The second kappa shape index (κ2) is 13.0. The van der Waals surface area contributed by atoms with E-state index in [0.29, 0.717) is 0 Å². The van der Waals surface area contributed by atoms with Gasteiger partial charge >= 0.3 is 0 Å². The third-order valence-corrected chi connectivity index (χ3v) is 14.3. The largest absolute Gasteiger partial charge is 0.313 e. The highest BCUT2D eigenvalue weighted by Crippen LogP contribution is 2.52. The van der Waals surface area contributed by atoms with Gasteiger partial charge in [-0.1, -0.05) is 91.0 Å². The zero-order valence-corrected chi connectivity index (χ0v) is 34.2. The van der Waals surface area contributed by atoms with Crippen molar-refractivity contribution in [2.45, 2.75) is 38.5 Å². The maximum atomic E-state index is 5.01. The Morgan fingerprint density at radius 2 is 1.00 bits per heavy atom. The Hall–Kier alpha value is -7.56. The van der Waals surface area contributed by atoms with Crippen LogP contribution < -0.4 is 0 Å². The van der Waals surface area contributed by atoms with E-state index in [1.165, 1.54) is 116 Å². The SMILES string of the molecule is C1=C(c2nccc3ccccc23)CCc2c1c1cc3c4c(c1n2-c1ccccc1)CCc1c-4c(cc2c4cc(-c5nccc6ccccc56)ccc4n(-c4ccccc4)c12)CC3. The van der Waals surface area contributed by atoms with Crippen molar-refractivity contribution in [2.24, 2.45) is 0 Å². The standard InChI is InChI=1S/C58H40N4/c1-3-13-41(14-4-1)61-51-25-21-39(55-43-17-9-7-11-35(43)27-29-59-55)33-47(51)49-31-37-19-20-38-32-50-48-34-40(56-44-18-10-8-12-36(44)28-30-60-56)22-26-52(48)62(42-15-5-2-6-16-42)58(50)46-24-23-45(57(49)61)53(37)54(38)46/h1-18,21,25,27-34H,19-20,22-24,26H2. The van der Waals surface area contributed by atoms with E-state index in [9.17, 15) is 0 Å². The molecular weight excluding hydrogens is 753 g/mol. The normalized spacial score (nSPS) is 14.2. The molecule has 4 heteroatoms. The van der Waals surface area contributed by atoms with Crippen molar-refractivity contribution < 1.29 is 0 Å². The zero-order valence-electron chi connectivity index (χ0n) is 34.2. The lowest BCUT2D eigenvalue weighted by Crippen LogP contribution is -2.16. The predicted octanol–water partition coefficient (Wildman–Crippen LogP) is 13.8. The number of aryl methyl sites for hydroxylation is 4. The van der Waals surface area contributed by atoms with Crippen LogP contribution >= 0.6 is 0 Å². The first-order valence-corrected chi connectivity index (χ1v) is 22.1. The minimum atomic E-state index is 0.958. The van der Waals surface area contributed by atoms with Crippen LogP contribution in [0.1, 0.15) is 45.6 Å². The summed E-state index contributed by atoms with van der Waals surface area (Å²) in [7, 11) is 0. The van der Waals surface area contributed by atoms with Crippen LogP contribution in [0.3, 0.4) is 0 Å². The number of hydrogen-bond acceptors (Lipinski definition) is 2. The smallest absolute Gasteiger partial charge is 0.0780 e. The molecule has 0 N–H and O–H groups in total. The molecule has 0 amide bonds. The monoisotopic (exact) mass is 792 g/mol. The minimum absolute atomic E-state index is 0.958. The molecule has 0 fully saturated rings. The van der Waals surface area contributed by atoms with E-state index in [4.69, 9.17) is 9.97 Å². The molecule has 292 valence electrons. The van der Waals surface area contributed by atoms with E-state index >= 15 is 0 Å². The van der Waals surface area contributed by atoms with Crippen LogP contribution in [-0.2, 0) is 32.1 Å². The van der Waals surface area contributed by atoms with Crippen molar-refractivity contribution in [3.05, 3.63) is 203 Å². The number of aromatic nitrogens is 4. The maximum absolute atomic E-state index is 5.01. The van der Waals surface area contributed by atoms with Gasteiger partial charge in [0.1, 0.15) is 0 Å². The minimum Gasteiger partial charge on any atom is -0.313 e. The van der Waals surface area contributed by atoms with Gasteiger partial charge in [-0.3, -0.25) is 9.97 Å². The Morgan fingerprint density at radius 1 is 0.419 bits per heavy atom. The van der Waals surface area contributed by atoms with Crippen molar-refractivity contribution in [1.82, 2.24) is 19.1 Å². The van der Waals surface area contributed by atoms with Crippen molar-refractivity contribution in [1.29, 1.82) is 0 Å². The van der Waals surface area contributed by atoms with E-state index < -0.39 is 0 Å². The van der Waals surface area contributed by atoms with Crippen molar-refractivity contribution in [3.63, 3.8) is 0 Å². The van der Waals surface area contributed by atoms with E-state index in [-0.39, 0.29) is 0 Å². The summed E-state index contributed by atoms with van der Waals surface area (Å²) < 4.78 is 5.18. The molecule has 11 aromatic rings. The molecule has 0 radical (unpaired) electrons. The van der Waals surface area contributed by atoms with Gasteiger partial charge in [0.25, 0.3) is 0 Å². The number of benzene rings is 7. The summed E-state index contributed by atoms with van der Waals surface area (Å²) in [5, 5.41) is 8.88. The molecule has 0 unspecified atom stereocenters. The second-order valence-corrected chi connectivity index (χ2v) is 17.4. The van der Waals surface area contributed by atoms with Crippen molar-refractivity contribution in [2.75, 3.05) is 0 Å². The number of para-hydroxylation sites is 2. The second-order valence-electron chi connectivity index (χ2n) is 17.4. The lowest BCUT2D eigenvalue weighted by molar-refractivity contribution is 0.870. The summed E-state index contributed by atoms with van der Waals surface area (Å²) in [5.74, 6) is 0. The maximum Gasteiger partial charge on any atom is 0.0780 e. The van der Waals surface area contributed by atoms with Crippen LogP contribution in [0.4, 0.5) is 0 Å². The highest BCUT2D eigenvalue weighted by Gasteiger charge is 2.34. The number of hydrogen-bond donors (Lipinski definition) is 0. The topological polar surface area (TPSA) is 35.6 Å². The lowest BCUT2D eigenvalue weighted by Gasteiger charge is -2.31. The fourth-order valence-corrected chi connectivity index (χ4v) is 11.7. The Bertz CT molecular complexity index is 3720. The average molecular weight is 793 g/mol. The van der Waals surface area contributed by atoms with Crippen LogP contribution in [-0.4, -0.2) is 19.1 Å². The van der Waals surface area contributed by atoms with E-state index in [1.807, 2.05) is 12.4 Å². The Balaban J connectivity index is 1.04. The lowest BCUT2D eigenvalue weighted by atomic mass is 9.73. The molecule has 0 saturated heterocycles. The summed E-state index contributed by atoms with van der Waals surface area (Å²) >= 11 is 0. The molecule has 0 saturated carbocycles. The molecule has 7 aromatic carbocycles. The fourth-order valence-electron chi connectivity index (χ4n) is 11.7. The molecule has 3 aliphatic rings. The van der Waals surface area contributed by atoms with Crippen LogP contribution in [0.25, 0.3) is 99.7 Å². The summed E-state index contributed by atoms with van der Waals surface area (Å²) in [6.07, 6.45) is 12.4. The van der Waals surface area contributed by atoms with Gasteiger partial charge in [-0.2, -0.15) is 0 Å². The zero-order chi connectivity index (χ0) is 40.5. The molecular formula is C58H40N4. The first kappa shape index (κ1) is 34.2. The summed E-state index contributed by atoms with van der Waals surface area (Å²) in [5.41, 5.74) is 22.8. The molecule has 3 aliphatic carbocycles. The van der Waals surface area contributed by atoms with Gasteiger partial charge in [-0.05, 0) is 155 Å². The van der Waals surface area contributed by atoms with Crippen molar-refractivity contribution >= 4 is 65.9 Å². The quantitative estimate of drug-likeness (QED) is 0.178. The number of pyridine rings is 2. The highest BCUT2D eigenvalue weighted by atomic mass is 15.0. The van der Waals surface area contributed by atoms with Crippen LogP contribution in [0.2, 0.25) is 0 Å². The van der Waals surface area contributed by atoms with Gasteiger partial charge in [0.05, 0.1) is 27.9 Å². The third kappa shape index (κ3) is 4.78. The molecule has 4 heterocycles. The van der Waals surface area contributed by atoms with Gasteiger partial charge in [-0.15, -0.1) is 0 Å². The van der Waals surface area contributed by atoms with Crippen molar-refractivity contribution in [3.8, 4) is 33.8 Å². The fraction of sp³-hybridized carbons (Fsp3) is 0.103. The Labute approximate surface area is 359 Å². The van der Waals surface area contributed by atoms with E-state index in [0.717, 1.165) is 55.5 Å². The van der Waals surface area contributed by atoms with E-state index in [1.54, 1.807) is 0 Å². The van der Waals surface area contributed by atoms with Gasteiger partial charge in [-0.25, -0.2) is 0 Å². The first-order valence-electron chi connectivity index (χ1n) is 22.1. The van der Waals surface area contributed by atoms with Gasteiger partial charge in [0.15, 0.2) is 0 Å². The van der Waals surface area contributed by atoms with Crippen LogP contribution in [0.15, 0.2) is 164 Å². The Morgan fingerprint density at radius 3 is 1.69 bits per heavy atom. The molecule has 0 atom stereocenters. The third-order valence-electron chi connectivity index (χ3n) is 14.3. The Kier molecular flexibility index (Phi) is 7.15. The molecule has 4 aromatic heterocycles. The number of nitrogens with zero attached hydrogens (tertiary/aromatic N) is 4. The van der Waals surface area contributed by atoms with Crippen LogP contribution in [0, 0.1) is 0 Å². The number of allylic oxidation sites excluding steroid dienone is 1. The predicted molar refractivity (Wildman–Crippen MR) is 257 cm³/mol.